The van der Waals surface area contributed by atoms with E-state index >= 15 is 0 Å². The van der Waals surface area contributed by atoms with Crippen molar-refractivity contribution in [3.05, 3.63) is 34.3 Å². The number of carbonyl (C=O) groups is 1. The van der Waals surface area contributed by atoms with Gasteiger partial charge in [-0.25, -0.2) is 0 Å². The van der Waals surface area contributed by atoms with Crippen molar-refractivity contribution in [2.24, 2.45) is 0 Å². The number of aliphatic hydroxyl groups is 1. The first-order chi connectivity index (χ1) is 8.47. The summed E-state index contributed by atoms with van der Waals surface area (Å²) in [5, 5.41) is 18.2. The average Bonchev–Trinajstić information content (AvgIpc) is 2.26. The predicted octanol–water partition coefficient (Wildman–Crippen LogP) is 2.11. The quantitative estimate of drug-likeness (QED) is 0.809. The summed E-state index contributed by atoms with van der Waals surface area (Å²) in [6.07, 6.45) is -0.303. The molecule has 0 saturated carbocycles. The number of aliphatic hydroxyl groups excluding tert-OH is 1. The molecule has 0 spiro atoms. The Hall–Kier alpha value is -0.910. The zero-order valence-corrected chi connectivity index (χ0v) is 11.9. The Bertz CT molecular complexity index is 398. The molecule has 1 aromatic rings. The highest BCUT2D eigenvalue weighted by molar-refractivity contribution is 9.10. The van der Waals surface area contributed by atoms with Gasteiger partial charge >= 0.3 is 5.97 Å². The first kappa shape index (κ1) is 15.1. The van der Waals surface area contributed by atoms with Crippen molar-refractivity contribution >= 4 is 21.9 Å². The van der Waals surface area contributed by atoms with Gasteiger partial charge in [0.05, 0.1) is 6.10 Å². The Morgan fingerprint density at radius 3 is 2.83 bits per heavy atom. The number of carboxylic acid groups (broad SMARTS) is 1. The topological polar surface area (TPSA) is 60.8 Å². The molecule has 0 aliphatic carbocycles. The van der Waals surface area contributed by atoms with E-state index in [0.717, 1.165) is 16.6 Å². The minimum Gasteiger partial charge on any atom is -0.481 e. The first-order valence-corrected chi connectivity index (χ1v) is 6.59. The smallest absolute Gasteiger partial charge is 0.303 e. The standard InChI is InChI=1S/C13H18BrNO3/c1-15(9-12(16)5-6-13(17)18)8-10-3-2-4-11(14)7-10/h2-4,7,12,16H,5-6,8-9H2,1H3,(H,17,18). The lowest BCUT2D eigenvalue weighted by atomic mass is 10.1. The minimum atomic E-state index is -0.872. The molecular formula is C13H18BrNO3. The van der Waals surface area contributed by atoms with Gasteiger partial charge in [-0.05, 0) is 31.2 Å². The fraction of sp³-hybridized carbons (Fsp3) is 0.462. The van der Waals surface area contributed by atoms with Gasteiger partial charge in [0.15, 0.2) is 0 Å². The third-order valence-electron chi connectivity index (χ3n) is 2.56. The summed E-state index contributed by atoms with van der Waals surface area (Å²) in [7, 11) is 1.91. The predicted molar refractivity (Wildman–Crippen MR) is 73.4 cm³/mol. The fourth-order valence-electron chi connectivity index (χ4n) is 1.75. The molecule has 0 amide bonds. The first-order valence-electron chi connectivity index (χ1n) is 5.80. The molecule has 1 unspecified atom stereocenters. The molecule has 0 heterocycles. The number of hydrogen-bond donors (Lipinski definition) is 2. The molecule has 0 aromatic heterocycles. The maximum absolute atomic E-state index is 10.4. The monoisotopic (exact) mass is 315 g/mol. The lowest BCUT2D eigenvalue weighted by Gasteiger charge is -2.20. The molecule has 0 aliphatic heterocycles. The number of benzene rings is 1. The van der Waals surface area contributed by atoms with Crippen LogP contribution in [0.5, 0.6) is 0 Å². The summed E-state index contributed by atoms with van der Waals surface area (Å²) in [4.78, 5) is 12.4. The van der Waals surface area contributed by atoms with Gasteiger partial charge in [-0.15, -0.1) is 0 Å². The van der Waals surface area contributed by atoms with Gasteiger partial charge in [0.25, 0.3) is 0 Å². The van der Waals surface area contributed by atoms with E-state index in [4.69, 9.17) is 5.11 Å². The van der Waals surface area contributed by atoms with Gasteiger partial charge in [-0.2, -0.15) is 0 Å². The van der Waals surface area contributed by atoms with E-state index in [2.05, 4.69) is 15.9 Å². The van der Waals surface area contributed by atoms with Crippen molar-refractivity contribution < 1.29 is 15.0 Å². The van der Waals surface area contributed by atoms with Gasteiger partial charge in [-0.3, -0.25) is 9.69 Å². The van der Waals surface area contributed by atoms with E-state index in [-0.39, 0.29) is 12.8 Å². The van der Waals surface area contributed by atoms with Crippen LogP contribution in [0.25, 0.3) is 0 Å². The van der Waals surface area contributed by atoms with Gasteiger partial charge in [0.2, 0.25) is 0 Å². The lowest BCUT2D eigenvalue weighted by molar-refractivity contribution is -0.137. The summed E-state index contributed by atoms with van der Waals surface area (Å²) in [6.45, 7) is 1.20. The molecule has 1 rings (SSSR count). The van der Waals surface area contributed by atoms with Crippen molar-refractivity contribution in [2.45, 2.75) is 25.5 Å². The molecular weight excluding hydrogens is 298 g/mol. The molecule has 2 N–H and O–H groups in total. The number of hydrogen-bond acceptors (Lipinski definition) is 3. The third kappa shape index (κ3) is 6.14. The lowest BCUT2D eigenvalue weighted by Crippen LogP contribution is -2.29. The van der Waals surface area contributed by atoms with E-state index in [1.807, 2.05) is 36.2 Å². The Kier molecular flexibility index (Phi) is 6.32. The SMILES string of the molecule is CN(Cc1cccc(Br)c1)CC(O)CCC(=O)O. The van der Waals surface area contributed by atoms with Crippen LogP contribution >= 0.6 is 15.9 Å². The maximum atomic E-state index is 10.4. The van der Waals surface area contributed by atoms with Crippen molar-refractivity contribution in [1.82, 2.24) is 4.90 Å². The molecule has 0 fully saturated rings. The Labute approximate surface area is 115 Å². The van der Waals surface area contributed by atoms with E-state index in [1.165, 1.54) is 0 Å². The van der Waals surface area contributed by atoms with Gasteiger partial charge < -0.3 is 10.2 Å². The largest absolute Gasteiger partial charge is 0.481 e. The Balaban J connectivity index is 2.36. The second-order valence-electron chi connectivity index (χ2n) is 4.41. The van der Waals surface area contributed by atoms with E-state index in [1.54, 1.807) is 0 Å². The molecule has 1 aromatic carbocycles. The molecule has 18 heavy (non-hydrogen) atoms. The second kappa shape index (κ2) is 7.51. The zero-order valence-electron chi connectivity index (χ0n) is 10.3. The minimum absolute atomic E-state index is 0.00585. The van der Waals surface area contributed by atoms with Gasteiger partial charge in [0.1, 0.15) is 0 Å². The number of carboxylic acids is 1. The van der Waals surface area contributed by atoms with Crippen LogP contribution in [-0.2, 0) is 11.3 Å². The fourth-order valence-corrected chi connectivity index (χ4v) is 2.20. The van der Waals surface area contributed by atoms with Crippen LogP contribution in [0.4, 0.5) is 0 Å². The van der Waals surface area contributed by atoms with Crippen LogP contribution in [0.1, 0.15) is 18.4 Å². The molecule has 100 valence electrons. The number of likely N-dealkylation sites (N-methyl/N-ethyl adjacent to an activating group) is 1. The third-order valence-corrected chi connectivity index (χ3v) is 3.05. The Morgan fingerprint density at radius 2 is 2.22 bits per heavy atom. The highest BCUT2D eigenvalue weighted by Crippen LogP contribution is 2.13. The molecule has 0 bridgehead atoms. The summed E-state index contributed by atoms with van der Waals surface area (Å²) >= 11 is 3.41. The molecule has 0 saturated heterocycles. The van der Waals surface area contributed by atoms with Crippen LogP contribution in [0.15, 0.2) is 28.7 Å². The number of aliphatic carboxylic acids is 1. The van der Waals surface area contributed by atoms with Crippen molar-refractivity contribution in [1.29, 1.82) is 0 Å². The second-order valence-corrected chi connectivity index (χ2v) is 5.33. The maximum Gasteiger partial charge on any atom is 0.303 e. The van der Waals surface area contributed by atoms with E-state index in [9.17, 15) is 9.90 Å². The zero-order chi connectivity index (χ0) is 13.5. The van der Waals surface area contributed by atoms with Crippen molar-refractivity contribution in [3.8, 4) is 0 Å². The normalized spacial score (nSPS) is 12.7. The van der Waals surface area contributed by atoms with E-state index < -0.39 is 12.1 Å². The number of halogens is 1. The molecule has 5 heteroatoms. The molecule has 0 radical (unpaired) electrons. The van der Waals surface area contributed by atoms with E-state index in [0.29, 0.717) is 6.54 Å². The summed E-state index contributed by atoms with van der Waals surface area (Å²) in [6, 6.07) is 7.98. The number of nitrogens with zero attached hydrogens (tertiary/aromatic N) is 1. The average molecular weight is 316 g/mol. The molecule has 4 nitrogen and oxygen atoms in total. The summed E-state index contributed by atoms with van der Waals surface area (Å²) in [5.41, 5.74) is 1.15. The Morgan fingerprint density at radius 1 is 1.50 bits per heavy atom. The van der Waals surface area contributed by atoms with Crippen molar-refractivity contribution in [2.75, 3.05) is 13.6 Å². The molecule has 0 aliphatic rings. The highest BCUT2D eigenvalue weighted by Gasteiger charge is 2.10. The van der Waals surface area contributed by atoms with Gasteiger partial charge in [-0.1, -0.05) is 28.1 Å². The van der Waals surface area contributed by atoms with Crippen molar-refractivity contribution in [3.63, 3.8) is 0 Å². The number of rotatable bonds is 7. The molecule has 1 atom stereocenters. The van der Waals surface area contributed by atoms with Crippen LogP contribution in [0.2, 0.25) is 0 Å². The van der Waals surface area contributed by atoms with Crippen LogP contribution < -0.4 is 0 Å². The van der Waals surface area contributed by atoms with Crippen LogP contribution in [-0.4, -0.2) is 40.8 Å². The van der Waals surface area contributed by atoms with Gasteiger partial charge in [0, 0.05) is 24.0 Å². The summed E-state index contributed by atoms with van der Waals surface area (Å²) in [5.74, 6) is -0.872. The van der Waals surface area contributed by atoms with Crippen LogP contribution in [0, 0.1) is 0 Å². The highest BCUT2D eigenvalue weighted by atomic mass is 79.9. The van der Waals surface area contributed by atoms with Crippen LogP contribution in [0.3, 0.4) is 0 Å². The summed E-state index contributed by atoms with van der Waals surface area (Å²) < 4.78 is 1.03.